The molecule has 0 saturated heterocycles. The van der Waals surface area contributed by atoms with Gasteiger partial charge in [0, 0.05) is 11.8 Å². The number of rotatable bonds is 5. The van der Waals surface area contributed by atoms with Gasteiger partial charge in [0.05, 0.1) is 17.1 Å². The normalized spacial score (nSPS) is 26.9. The highest BCUT2D eigenvalue weighted by Crippen LogP contribution is 2.29. The maximum absolute atomic E-state index is 12.1. The van der Waals surface area contributed by atoms with Gasteiger partial charge in [-0.3, -0.25) is 13.8 Å². The van der Waals surface area contributed by atoms with Crippen LogP contribution in [0.2, 0.25) is 0 Å². The number of aliphatic hydroxyl groups excluding tert-OH is 1. The van der Waals surface area contributed by atoms with Crippen LogP contribution in [0.1, 0.15) is 70.8 Å². The average Bonchev–Trinajstić information content (AvgIpc) is 2.69. The Morgan fingerprint density at radius 3 is 1.70 bits per heavy atom. The van der Waals surface area contributed by atoms with E-state index in [0.29, 0.717) is 25.7 Å². The van der Waals surface area contributed by atoms with Crippen molar-refractivity contribution in [3.8, 4) is 0 Å². The summed E-state index contributed by atoms with van der Waals surface area (Å²) in [6, 6.07) is 6.63. The van der Waals surface area contributed by atoms with Crippen molar-refractivity contribution in [2.75, 3.05) is 0 Å². The van der Waals surface area contributed by atoms with E-state index in [1.54, 1.807) is 38.1 Å². The highest BCUT2D eigenvalue weighted by molar-refractivity contribution is 7.86. The number of hydrogen-bond acceptors (Lipinski definition) is 6. The fourth-order valence-electron chi connectivity index (χ4n) is 3.99. The van der Waals surface area contributed by atoms with Gasteiger partial charge in [-0.25, -0.2) is 0 Å². The summed E-state index contributed by atoms with van der Waals surface area (Å²) in [4.78, 5) is 22.3. The first-order chi connectivity index (χ1) is 14.1. The molecule has 30 heavy (non-hydrogen) atoms. The first-order valence-corrected chi connectivity index (χ1v) is 12.2. The fraction of sp³-hybridized carbons (Fsp3) is 0.652. The van der Waals surface area contributed by atoms with Gasteiger partial charge in [0.1, 0.15) is 11.6 Å². The van der Waals surface area contributed by atoms with Crippen molar-refractivity contribution >= 4 is 21.7 Å². The van der Waals surface area contributed by atoms with E-state index < -0.39 is 10.1 Å². The van der Waals surface area contributed by atoms with E-state index in [-0.39, 0.29) is 40.5 Å². The minimum atomic E-state index is -3.70. The molecule has 0 aromatic heterocycles. The maximum Gasteiger partial charge on any atom is 0.297 e. The molecule has 6 nitrogen and oxygen atoms in total. The third kappa shape index (κ3) is 7.60. The topological polar surface area (TPSA) is 97.7 Å². The van der Waals surface area contributed by atoms with E-state index in [4.69, 9.17) is 9.29 Å². The lowest BCUT2D eigenvalue weighted by Crippen LogP contribution is -2.27. The highest BCUT2D eigenvalue weighted by atomic mass is 32.2. The zero-order chi connectivity index (χ0) is 22.3. The standard InChI is InChI=1S/C15H20O4S.C8H14O2/c1-11-3-9-15(10-4-11)20(17,18)19-14-7-5-13(6-8-14)12(2)16;1-6(9)7-2-4-8(10)5-3-7/h3-4,9-10,13-14H,5-8H2,1-2H3;7-8,10H,2-5H2,1H3. The Kier molecular flexibility index (Phi) is 9.19. The molecule has 1 N–H and O–H groups in total. The molecule has 1 aromatic carbocycles. The molecule has 7 heteroatoms. The lowest BCUT2D eigenvalue weighted by atomic mass is 9.85. The number of ketones is 2. The van der Waals surface area contributed by atoms with E-state index in [9.17, 15) is 18.0 Å². The van der Waals surface area contributed by atoms with Crippen molar-refractivity contribution in [2.45, 2.75) is 89.2 Å². The number of benzene rings is 1. The van der Waals surface area contributed by atoms with Gasteiger partial charge in [-0.1, -0.05) is 17.7 Å². The molecule has 0 radical (unpaired) electrons. The highest BCUT2D eigenvalue weighted by Gasteiger charge is 2.28. The predicted molar refractivity (Wildman–Crippen MR) is 115 cm³/mol. The lowest BCUT2D eigenvalue weighted by molar-refractivity contribution is -0.123. The van der Waals surface area contributed by atoms with Gasteiger partial charge in [0.15, 0.2) is 0 Å². The van der Waals surface area contributed by atoms with E-state index in [0.717, 1.165) is 31.2 Å². The van der Waals surface area contributed by atoms with E-state index >= 15 is 0 Å². The molecule has 0 bridgehead atoms. The molecular weight excluding hydrogens is 404 g/mol. The molecule has 0 heterocycles. The molecule has 0 spiro atoms. The van der Waals surface area contributed by atoms with Crippen LogP contribution in [0.5, 0.6) is 0 Å². The second kappa shape index (κ2) is 11.2. The Labute approximate surface area is 180 Å². The third-order valence-electron chi connectivity index (χ3n) is 6.09. The Balaban J connectivity index is 0.000000269. The molecule has 1 aromatic rings. The SMILES string of the molecule is CC(=O)C1CCC(O)CC1.CC(=O)C1CCC(OS(=O)(=O)c2ccc(C)cc2)CC1. The van der Waals surface area contributed by atoms with Gasteiger partial charge in [0.2, 0.25) is 0 Å². The maximum atomic E-state index is 12.1. The minimum Gasteiger partial charge on any atom is -0.393 e. The van der Waals surface area contributed by atoms with Crippen molar-refractivity contribution in [1.29, 1.82) is 0 Å². The van der Waals surface area contributed by atoms with E-state index in [1.807, 2.05) is 6.92 Å². The summed E-state index contributed by atoms with van der Waals surface area (Å²) in [6.07, 6.45) is 5.60. The van der Waals surface area contributed by atoms with Crippen LogP contribution in [-0.2, 0) is 23.9 Å². The van der Waals surface area contributed by atoms with Gasteiger partial charge in [-0.2, -0.15) is 8.42 Å². The molecule has 0 unspecified atom stereocenters. The quantitative estimate of drug-likeness (QED) is 0.699. The molecule has 0 amide bonds. The number of Topliss-reactive ketones (excluding diaryl/α,β-unsaturated/α-hetero) is 2. The number of aliphatic hydroxyl groups is 1. The smallest absolute Gasteiger partial charge is 0.297 e. The number of carbonyl (C=O) groups is 2. The van der Waals surface area contributed by atoms with Crippen LogP contribution in [0.3, 0.4) is 0 Å². The minimum absolute atomic E-state index is 0.0666. The van der Waals surface area contributed by atoms with Crippen molar-refractivity contribution < 1.29 is 27.3 Å². The molecular formula is C23H34O6S. The Bertz CT molecular complexity index is 799. The summed E-state index contributed by atoms with van der Waals surface area (Å²) in [5, 5.41) is 9.10. The van der Waals surface area contributed by atoms with Crippen molar-refractivity contribution in [1.82, 2.24) is 0 Å². The summed E-state index contributed by atoms with van der Waals surface area (Å²) >= 11 is 0. The lowest BCUT2D eigenvalue weighted by Gasteiger charge is -2.26. The van der Waals surface area contributed by atoms with E-state index in [2.05, 4.69) is 0 Å². The summed E-state index contributed by atoms with van der Waals surface area (Å²) in [7, 11) is -3.70. The summed E-state index contributed by atoms with van der Waals surface area (Å²) < 4.78 is 29.6. The molecule has 2 fully saturated rings. The zero-order valence-corrected chi connectivity index (χ0v) is 19.0. The van der Waals surface area contributed by atoms with Crippen LogP contribution < -0.4 is 0 Å². The van der Waals surface area contributed by atoms with Gasteiger partial charge >= 0.3 is 0 Å². The molecule has 2 aliphatic rings. The Morgan fingerprint density at radius 1 is 0.833 bits per heavy atom. The van der Waals surface area contributed by atoms with Crippen LogP contribution in [0, 0.1) is 18.8 Å². The summed E-state index contributed by atoms with van der Waals surface area (Å²) in [5.74, 6) is 0.775. The average molecular weight is 439 g/mol. The predicted octanol–water partition coefficient (Wildman–Crippen LogP) is 3.97. The number of hydrogen-bond donors (Lipinski definition) is 1. The molecule has 0 aliphatic heterocycles. The monoisotopic (exact) mass is 438 g/mol. The number of carbonyl (C=O) groups excluding carboxylic acids is 2. The second-order valence-corrected chi connectivity index (χ2v) is 10.1. The molecule has 2 saturated carbocycles. The first-order valence-electron chi connectivity index (χ1n) is 10.8. The Morgan fingerprint density at radius 2 is 1.27 bits per heavy atom. The number of aryl methyl sites for hydroxylation is 1. The van der Waals surface area contributed by atoms with Gasteiger partial charge in [-0.15, -0.1) is 0 Å². The van der Waals surface area contributed by atoms with Crippen LogP contribution in [-0.4, -0.2) is 37.3 Å². The largest absolute Gasteiger partial charge is 0.393 e. The van der Waals surface area contributed by atoms with Crippen LogP contribution in [0.15, 0.2) is 29.2 Å². The summed E-state index contributed by atoms with van der Waals surface area (Å²) in [6.45, 7) is 5.14. The zero-order valence-electron chi connectivity index (χ0n) is 18.2. The van der Waals surface area contributed by atoms with Gasteiger partial charge in [0.25, 0.3) is 10.1 Å². The van der Waals surface area contributed by atoms with Gasteiger partial charge < -0.3 is 5.11 Å². The van der Waals surface area contributed by atoms with Crippen LogP contribution >= 0.6 is 0 Å². The molecule has 2 aliphatic carbocycles. The van der Waals surface area contributed by atoms with Crippen molar-refractivity contribution in [2.24, 2.45) is 11.8 Å². The van der Waals surface area contributed by atoms with Crippen molar-refractivity contribution in [3.05, 3.63) is 29.8 Å². The van der Waals surface area contributed by atoms with Crippen LogP contribution in [0.25, 0.3) is 0 Å². The summed E-state index contributed by atoms with van der Waals surface area (Å²) in [5.41, 5.74) is 1.01. The van der Waals surface area contributed by atoms with Crippen molar-refractivity contribution in [3.63, 3.8) is 0 Å². The molecule has 3 rings (SSSR count). The second-order valence-electron chi connectivity index (χ2n) is 8.56. The molecule has 168 valence electrons. The Hall–Kier alpha value is -1.57. The first kappa shape index (κ1) is 24.7. The third-order valence-corrected chi connectivity index (χ3v) is 7.47. The van der Waals surface area contributed by atoms with E-state index in [1.165, 1.54) is 0 Å². The van der Waals surface area contributed by atoms with Crippen LogP contribution in [0.4, 0.5) is 0 Å². The fourth-order valence-corrected chi connectivity index (χ4v) is 5.12. The molecule has 0 atom stereocenters. The van der Waals surface area contributed by atoms with Gasteiger partial charge in [-0.05, 0) is 84.3 Å².